The second-order valence-electron chi connectivity index (χ2n) is 4.31. The molecule has 1 aliphatic rings. The molecule has 0 spiro atoms. The monoisotopic (exact) mass is 278 g/mol. The zero-order chi connectivity index (χ0) is 13.4. The van der Waals surface area contributed by atoms with Crippen molar-refractivity contribution in [1.29, 1.82) is 0 Å². The Balaban J connectivity index is 1.96. The minimum Gasteiger partial charge on any atom is -0.465 e. The van der Waals surface area contributed by atoms with Crippen molar-refractivity contribution < 1.29 is 9.90 Å². The SMILES string of the molecule is O=C(O)N1CC=C(c2cn3ncnc3cc2Cl)CC1. The fourth-order valence-electron chi connectivity index (χ4n) is 2.16. The van der Waals surface area contributed by atoms with Gasteiger partial charge in [0, 0.05) is 30.9 Å². The highest BCUT2D eigenvalue weighted by atomic mass is 35.5. The number of hydrogen-bond acceptors (Lipinski definition) is 3. The summed E-state index contributed by atoms with van der Waals surface area (Å²) in [7, 11) is 0. The van der Waals surface area contributed by atoms with Crippen LogP contribution in [0.25, 0.3) is 11.2 Å². The average Bonchev–Trinajstić information content (AvgIpc) is 2.85. The highest BCUT2D eigenvalue weighted by Gasteiger charge is 2.18. The summed E-state index contributed by atoms with van der Waals surface area (Å²) < 4.78 is 1.66. The number of nitrogens with zero attached hydrogens (tertiary/aromatic N) is 4. The zero-order valence-electron chi connectivity index (χ0n) is 9.95. The lowest BCUT2D eigenvalue weighted by molar-refractivity contribution is 0.150. The lowest BCUT2D eigenvalue weighted by Gasteiger charge is -2.24. The van der Waals surface area contributed by atoms with Crippen LogP contribution in [-0.2, 0) is 0 Å². The third-order valence-electron chi connectivity index (χ3n) is 3.19. The van der Waals surface area contributed by atoms with Crippen molar-refractivity contribution in [2.45, 2.75) is 6.42 Å². The van der Waals surface area contributed by atoms with Crippen LogP contribution in [0.2, 0.25) is 5.02 Å². The van der Waals surface area contributed by atoms with Crippen LogP contribution in [0.3, 0.4) is 0 Å². The first-order chi connectivity index (χ1) is 9.15. The molecule has 0 bridgehead atoms. The quantitative estimate of drug-likeness (QED) is 0.868. The van der Waals surface area contributed by atoms with E-state index >= 15 is 0 Å². The molecule has 0 unspecified atom stereocenters. The van der Waals surface area contributed by atoms with E-state index in [0.717, 1.165) is 11.1 Å². The van der Waals surface area contributed by atoms with Gasteiger partial charge in [0.1, 0.15) is 6.33 Å². The first-order valence-electron chi connectivity index (χ1n) is 5.81. The Hall–Kier alpha value is -2.08. The normalized spacial score (nSPS) is 15.6. The van der Waals surface area contributed by atoms with Gasteiger partial charge in [-0.2, -0.15) is 5.10 Å². The Morgan fingerprint density at radius 2 is 2.32 bits per heavy atom. The summed E-state index contributed by atoms with van der Waals surface area (Å²) in [5, 5.41) is 13.6. The Morgan fingerprint density at radius 1 is 1.47 bits per heavy atom. The maximum absolute atomic E-state index is 10.9. The van der Waals surface area contributed by atoms with Crippen molar-refractivity contribution in [2.75, 3.05) is 13.1 Å². The third kappa shape index (κ3) is 2.15. The summed E-state index contributed by atoms with van der Waals surface area (Å²) in [5.74, 6) is 0. The highest BCUT2D eigenvalue weighted by molar-refractivity contribution is 6.32. The number of carboxylic acid groups (broad SMARTS) is 1. The van der Waals surface area contributed by atoms with Gasteiger partial charge in [-0.05, 0) is 12.0 Å². The molecule has 19 heavy (non-hydrogen) atoms. The topological polar surface area (TPSA) is 70.7 Å². The van der Waals surface area contributed by atoms with E-state index < -0.39 is 6.09 Å². The second kappa shape index (κ2) is 4.55. The average molecular weight is 279 g/mol. The molecule has 3 heterocycles. The summed E-state index contributed by atoms with van der Waals surface area (Å²) in [4.78, 5) is 16.3. The standard InChI is InChI=1S/C12H11ClN4O2/c13-10-5-11-14-7-15-17(11)6-9(10)8-1-3-16(4-2-8)12(18)19/h1,5-7H,2-4H2,(H,18,19). The summed E-state index contributed by atoms with van der Waals surface area (Å²) in [5.41, 5.74) is 2.61. The molecule has 1 N–H and O–H groups in total. The Bertz CT molecular complexity index is 679. The Morgan fingerprint density at radius 3 is 3.00 bits per heavy atom. The predicted molar refractivity (Wildman–Crippen MR) is 70.2 cm³/mol. The van der Waals surface area contributed by atoms with Crippen LogP contribution in [0.1, 0.15) is 12.0 Å². The van der Waals surface area contributed by atoms with Crippen molar-refractivity contribution >= 4 is 28.9 Å². The molecule has 0 atom stereocenters. The largest absolute Gasteiger partial charge is 0.465 e. The van der Waals surface area contributed by atoms with Gasteiger partial charge in [-0.25, -0.2) is 14.3 Å². The van der Waals surface area contributed by atoms with Crippen LogP contribution in [0.15, 0.2) is 24.7 Å². The van der Waals surface area contributed by atoms with E-state index in [-0.39, 0.29) is 0 Å². The molecule has 0 saturated carbocycles. The van der Waals surface area contributed by atoms with Crippen molar-refractivity contribution in [3.63, 3.8) is 0 Å². The number of hydrogen-bond donors (Lipinski definition) is 1. The molecule has 2 aromatic rings. The minimum atomic E-state index is -0.895. The molecule has 0 fully saturated rings. The molecule has 2 aromatic heterocycles. The van der Waals surface area contributed by atoms with E-state index in [1.165, 1.54) is 11.2 Å². The van der Waals surface area contributed by atoms with Gasteiger partial charge in [0.05, 0.1) is 5.02 Å². The first kappa shape index (κ1) is 12.0. The molecule has 1 amide bonds. The van der Waals surface area contributed by atoms with Crippen LogP contribution in [0.4, 0.5) is 4.79 Å². The second-order valence-corrected chi connectivity index (χ2v) is 4.71. The van der Waals surface area contributed by atoms with Crippen molar-refractivity contribution in [1.82, 2.24) is 19.5 Å². The summed E-state index contributed by atoms with van der Waals surface area (Å²) in [6, 6.07) is 1.76. The minimum absolute atomic E-state index is 0.385. The fourth-order valence-corrected chi connectivity index (χ4v) is 2.43. The van der Waals surface area contributed by atoms with Gasteiger partial charge in [0.25, 0.3) is 0 Å². The molecule has 98 valence electrons. The molecule has 0 aliphatic carbocycles. The van der Waals surface area contributed by atoms with Crippen LogP contribution >= 0.6 is 11.6 Å². The van der Waals surface area contributed by atoms with Crippen LogP contribution in [-0.4, -0.2) is 43.8 Å². The van der Waals surface area contributed by atoms with Crippen molar-refractivity contribution in [3.05, 3.63) is 35.3 Å². The summed E-state index contributed by atoms with van der Waals surface area (Å²) in [6.45, 7) is 0.864. The smallest absolute Gasteiger partial charge is 0.407 e. The van der Waals surface area contributed by atoms with Gasteiger partial charge in [0.15, 0.2) is 5.65 Å². The molecule has 6 nitrogen and oxygen atoms in total. The molecular weight excluding hydrogens is 268 g/mol. The van der Waals surface area contributed by atoms with E-state index in [1.54, 1.807) is 10.6 Å². The maximum atomic E-state index is 10.9. The van der Waals surface area contributed by atoms with Gasteiger partial charge in [-0.3, -0.25) is 0 Å². The molecule has 7 heteroatoms. The number of amides is 1. The highest BCUT2D eigenvalue weighted by Crippen LogP contribution is 2.29. The Kier molecular flexibility index (Phi) is 2.87. The maximum Gasteiger partial charge on any atom is 0.407 e. The third-order valence-corrected chi connectivity index (χ3v) is 3.50. The number of fused-ring (bicyclic) bond motifs is 1. The molecule has 0 radical (unpaired) electrons. The van der Waals surface area contributed by atoms with Crippen LogP contribution in [0.5, 0.6) is 0 Å². The number of aromatic nitrogens is 3. The number of halogens is 1. The van der Waals surface area contributed by atoms with E-state index in [1.807, 2.05) is 12.3 Å². The van der Waals surface area contributed by atoms with Crippen molar-refractivity contribution in [3.8, 4) is 0 Å². The van der Waals surface area contributed by atoms with Gasteiger partial charge >= 0.3 is 6.09 Å². The molecular formula is C12H11ClN4O2. The number of pyridine rings is 1. The van der Waals surface area contributed by atoms with Gasteiger partial charge in [-0.15, -0.1) is 0 Å². The lowest BCUT2D eigenvalue weighted by atomic mass is 10.0. The van der Waals surface area contributed by atoms with E-state index in [9.17, 15) is 4.79 Å². The van der Waals surface area contributed by atoms with Crippen LogP contribution in [0, 0.1) is 0 Å². The van der Waals surface area contributed by atoms with Gasteiger partial charge in [0.2, 0.25) is 0 Å². The summed E-state index contributed by atoms with van der Waals surface area (Å²) >= 11 is 6.24. The summed E-state index contributed by atoms with van der Waals surface area (Å²) in [6.07, 6.45) is 4.94. The molecule has 1 aliphatic heterocycles. The number of rotatable bonds is 1. The fraction of sp³-hybridized carbons (Fsp3) is 0.250. The predicted octanol–water partition coefficient (Wildman–Crippen LogP) is 2.15. The van der Waals surface area contributed by atoms with E-state index in [2.05, 4.69) is 10.1 Å². The van der Waals surface area contributed by atoms with E-state index in [4.69, 9.17) is 16.7 Å². The first-order valence-corrected chi connectivity index (χ1v) is 6.19. The molecule has 3 rings (SSSR count). The van der Waals surface area contributed by atoms with Gasteiger partial charge < -0.3 is 10.0 Å². The number of carbonyl (C=O) groups is 1. The molecule has 0 saturated heterocycles. The zero-order valence-corrected chi connectivity index (χ0v) is 10.7. The van der Waals surface area contributed by atoms with Crippen molar-refractivity contribution in [2.24, 2.45) is 0 Å². The molecule has 0 aromatic carbocycles. The lowest BCUT2D eigenvalue weighted by Crippen LogP contribution is -2.33. The van der Waals surface area contributed by atoms with Gasteiger partial charge in [-0.1, -0.05) is 17.7 Å². The Labute approximate surface area is 113 Å². The van der Waals surface area contributed by atoms with E-state index in [0.29, 0.717) is 30.2 Å². The van der Waals surface area contributed by atoms with Crippen LogP contribution < -0.4 is 0 Å².